The second-order valence-electron chi connectivity index (χ2n) is 5.52. The van der Waals surface area contributed by atoms with Gasteiger partial charge in [-0.3, -0.25) is 4.79 Å². The first-order valence-corrected chi connectivity index (χ1v) is 7.80. The molecule has 120 valence electrons. The van der Waals surface area contributed by atoms with Crippen molar-refractivity contribution < 1.29 is 14.1 Å². The highest BCUT2D eigenvalue weighted by Crippen LogP contribution is 2.25. The van der Waals surface area contributed by atoms with E-state index in [1.807, 2.05) is 30.3 Å². The van der Waals surface area contributed by atoms with Gasteiger partial charge in [0.2, 0.25) is 0 Å². The lowest BCUT2D eigenvalue weighted by molar-refractivity contribution is 0.101. The fourth-order valence-electron chi connectivity index (χ4n) is 2.60. The smallest absolute Gasteiger partial charge is 0.277 e. The summed E-state index contributed by atoms with van der Waals surface area (Å²) in [4.78, 5) is 12.3. The van der Waals surface area contributed by atoms with Crippen molar-refractivity contribution in [1.29, 1.82) is 0 Å². The molecule has 5 nitrogen and oxygen atoms in total. The minimum Gasteiger partial charge on any atom is -0.372 e. The van der Waals surface area contributed by atoms with Crippen LogP contribution in [-0.2, 0) is 18.0 Å². The third-order valence-electron chi connectivity index (χ3n) is 3.83. The Morgan fingerprint density at radius 1 is 1.08 bits per heavy atom. The molecule has 24 heavy (non-hydrogen) atoms. The highest BCUT2D eigenvalue weighted by molar-refractivity contribution is 6.30. The van der Waals surface area contributed by atoms with E-state index in [4.69, 9.17) is 20.9 Å². The third kappa shape index (κ3) is 2.91. The lowest BCUT2D eigenvalue weighted by Crippen LogP contribution is -2.12. The molecule has 0 saturated carbocycles. The van der Waals surface area contributed by atoms with Crippen LogP contribution in [0.15, 0.2) is 53.1 Å². The van der Waals surface area contributed by atoms with E-state index in [2.05, 4.69) is 10.5 Å². The van der Waals surface area contributed by atoms with Crippen molar-refractivity contribution in [2.75, 3.05) is 5.32 Å². The average molecular weight is 341 g/mol. The standard InChI is InChI=1S/C18H13ClN2O3/c19-14-3-1-2-11(6-14)17-8-16(21-24-17)18(22)20-15-5-4-12-9-23-10-13(12)7-15/h1-8H,9-10H2,(H,20,22). The van der Waals surface area contributed by atoms with Gasteiger partial charge in [0, 0.05) is 22.3 Å². The summed E-state index contributed by atoms with van der Waals surface area (Å²) in [6.45, 7) is 1.19. The van der Waals surface area contributed by atoms with Gasteiger partial charge in [-0.25, -0.2) is 0 Å². The molecule has 2 aromatic carbocycles. The molecular weight excluding hydrogens is 328 g/mol. The summed E-state index contributed by atoms with van der Waals surface area (Å²) in [5.74, 6) is 0.163. The maximum Gasteiger partial charge on any atom is 0.277 e. The van der Waals surface area contributed by atoms with Crippen LogP contribution in [0.25, 0.3) is 11.3 Å². The number of anilines is 1. The normalized spacial score (nSPS) is 12.9. The van der Waals surface area contributed by atoms with E-state index in [9.17, 15) is 4.79 Å². The van der Waals surface area contributed by atoms with Crippen molar-refractivity contribution in [3.8, 4) is 11.3 Å². The van der Waals surface area contributed by atoms with Crippen LogP contribution in [0, 0.1) is 0 Å². The molecule has 0 radical (unpaired) electrons. The van der Waals surface area contributed by atoms with Crippen molar-refractivity contribution >= 4 is 23.2 Å². The molecule has 4 rings (SSSR count). The largest absolute Gasteiger partial charge is 0.372 e. The van der Waals surface area contributed by atoms with Crippen molar-refractivity contribution in [3.63, 3.8) is 0 Å². The Labute approximate surface area is 143 Å². The van der Waals surface area contributed by atoms with Gasteiger partial charge in [0.05, 0.1) is 13.2 Å². The maximum atomic E-state index is 12.3. The Balaban J connectivity index is 1.53. The fourth-order valence-corrected chi connectivity index (χ4v) is 2.80. The number of carbonyl (C=O) groups is 1. The Morgan fingerprint density at radius 3 is 2.83 bits per heavy atom. The van der Waals surface area contributed by atoms with E-state index >= 15 is 0 Å². The van der Waals surface area contributed by atoms with Crippen LogP contribution in [0.3, 0.4) is 0 Å². The second-order valence-corrected chi connectivity index (χ2v) is 5.95. The molecule has 1 aliphatic rings. The van der Waals surface area contributed by atoms with E-state index in [-0.39, 0.29) is 11.6 Å². The number of nitrogens with one attached hydrogen (secondary N) is 1. The zero-order valence-corrected chi connectivity index (χ0v) is 13.3. The predicted molar refractivity (Wildman–Crippen MR) is 89.8 cm³/mol. The second kappa shape index (κ2) is 6.11. The Morgan fingerprint density at radius 2 is 1.96 bits per heavy atom. The molecule has 0 bridgehead atoms. The summed E-state index contributed by atoms with van der Waals surface area (Å²) >= 11 is 5.97. The minimum atomic E-state index is -0.328. The number of hydrogen-bond acceptors (Lipinski definition) is 4. The van der Waals surface area contributed by atoms with E-state index < -0.39 is 0 Å². The number of fused-ring (bicyclic) bond motifs is 1. The van der Waals surface area contributed by atoms with Crippen LogP contribution in [0.1, 0.15) is 21.6 Å². The van der Waals surface area contributed by atoms with Crippen LogP contribution in [-0.4, -0.2) is 11.1 Å². The van der Waals surface area contributed by atoms with Gasteiger partial charge in [-0.1, -0.05) is 35.0 Å². The first-order chi connectivity index (χ1) is 11.7. The Bertz CT molecular complexity index is 920. The molecule has 0 fully saturated rings. The monoisotopic (exact) mass is 340 g/mol. The lowest BCUT2D eigenvalue weighted by Gasteiger charge is -2.04. The molecule has 0 spiro atoms. The average Bonchev–Trinajstić information content (AvgIpc) is 3.24. The first-order valence-electron chi connectivity index (χ1n) is 7.42. The van der Waals surface area contributed by atoms with Gasteiger partial charge >= 0.3 is 0 Å². The van der Waals surface area contributed by atoms with Crippen LogP contribution in [0.5, 0.6) is 0 Å². The number of carbonyl (C=O) groups excluding carboxylic acids is 1. The van der Waals surface area contributed by atoms with E-state index in [1.165, 1.54) is 0 Å². The van der Waals surface area contributed by atoms with Crippen LogP contribution in [0.2, 0.25) is 5.02 Å². The van der Waals surface area contributed by atoms with Gasteiger partial charge in [0.25, 0.3) is 5.91 Å². The molecule has 0 unspecified atom stereocenters. The van der Waals surface area contributed by atoms with E-state index in [1.54, 1.807) is 18.2 Å². The van der Waals surface area contributed by atoms with E-state index in [0.29, 0.717) is 29.7 Å². The van der Waals surface area contributed by atoms with Gasteiger partial charge in [-0.2, -0.15) is 0 Å². The molecule has 0 aliphatic carbocycles. The van der Waals surface area contributed by atoms with Gasteiger partial charge in [-0.15, -0.1) is 0 Å². The van der Waals surface area contributed by atoms with Crippen molar-refractivity contribution in [3.05, 3.63) is 70.4 Å². The molecule has 0 saturated heterocycles. The molecule has 2 heterocycles. The molecule has 3 aromatic rings. The maximum absolute atomic E-state index is 12.3. The summed E-state index contributed by atoms with van der Waals surface area (Å²) in [6, 6.07) is 14.5. The van der Waals surface area contributed by atoms with Crippen molar-refractivity contribution in [2.24, 2.45) is 0 Å². The zero-order valence-electron chi connectivity index (χ0n) is 12.6. The number of halogens is 1. The fraction of sp³-hybridized carbons (Fsp3) is 0.111. The molecule has 1 aromatic heterocycles. The Hall–Kier alpha value is -2.63. The van der Waals surface area contributed by atoms with Gasteiger partial charge in [-0.05, 0) is 35.4 Å². The molecular formula is C18H13ClN2O3. The highest BCUT2D eigenvalue weighted by Gasteiger charge is 2.16. The van der Waals surface area contributed by atoms with Crippen LogP contribution >= 0.6 is 11.6 Å². The summed E-state index contributed by atoms with van der Waals surface area (Å²) in [6.07, 6.45) is 0. The van der Waals surface area contributed by atoms with Crippen molar-refractivity contribution in [1.82, 2.24) is 5.16 Å². The number of amides is 1. The number of ether oxygens (including phenoxy) is 1. The Kier molecular flexibility index (Phi) is 3.80. The topological polar surface area (TPSA) is 64.4 Å². The third-order valence-corrected chi connectivity index (χ3v) is 4.07. The molecule has 1 N–H and O–H groups in total. The number of hydrogen-bond donors (Lipinski definition) is 1. The minimum absolute atomic E-state index is 0.210. The van der Waals surface area contributed by atoms with Crippen molar-refractivity contribution in [2.45, 2.75) is 13.2 Å². The van der Waals surface area contributed by atoms with Gasteiger partial charge < -0.3 is 14.6 Å². The molecule has 1 aliphatic heterocycles. The zero-order chi connectivity index (χ0) is 16.5. The van der Waals surface area contributed by atoms with E-state index in [0.717, 1.165) is 16.7 Å². The number of nitrogens with zero attached hydrogens (tertiary/aromatic N) is 1. The lowest BCUT2D eigenvalue weighted by atomic mass is 10.1. The molecule has 1 amide bonds. The number of aromatic nitrogens is 1. The summed E-state index contributed by atoms with van der Waals surface area (Å²) in [5, 5.41) is 7.25. The van der Waals surface area contributed by atoms with Crippen LogP contribution in [0.4, 0.5) is 5.69 Å². The number of rotatable bonds is 3. The molecule has 6 heteroatoms. The summed E-state index contributed by atoms with van der Waals surface area (Å²) < 4.78 is 10.6. The SMILES string of the molecule is O=C(Nc1ccc2c(c1)COC2)c1cc(-c2cccc(Cl)c2)on1. The summed E-state index contributed by atoms with van der Waals surface area (Å²) in [5.41, 5.74) is 3.92. The highest BCUT2D eigenvalue weighted by atomic mass is 35.5. The first kappa shape index (κ1) is 14.9. The van der Waals surface area contributed by atoms with Crippen LogP contribution < -0.4 is 5.32 Å². The predicted octanol–water partition coefficient (Wildman–Crippen LogP) is 4.28. The van der Waals surface area contributed by atoms with Gasteiger partial charge in [0.1, 0.15) is 0 Å². The number of benzene rings is 2. The summed E-state index contributed by atoms with van der Waals surface area (Å²) in [7, 11) is 0. The quantitative estimate of drug-likeness (QED) is 0.773. The van der Waals surface area contributed by atoms with Gasteiger partial charge in [0.15, 0.2) is 11.5 Å². The molecule has 0 atom stereocenters.